The number of rotatable bonds is 9. The summed E-state index contributed by atoms with van der Waals surface area (Å²) < 4.78 is 2.34. The van der Waals surface area contributed by atoms with Crippen molar-refractivity contribution < 1.29 is 5.11 Å². The van der Waals surface area contributed by atoms with Crippen LogP contribution in [0.2, 0.25) is 5.02 Å². The maximum atomic E-state index is 8.80. The van der Waals surface area contributed by atoms with Crippen molar-refractivity contribution in [1.82, 2.24) is 15.2 Å². The highest BCUT2D eigenvalue weighted by Gasteiger charge is 2.14. The lowest BCUT2D eigenvalue weighted by atomic mass is 10.1. The Hall–Kier alpha value is -1.85. The van der Waals surface area contributed by atoms with Crippen molar-refractivity contribution in [3.05, 3.63) is 70.4 Å². The molecule has 3 N–H and O–H groups in total. The highest BCUT2D eigenvalue weighted by Crippen LogP contribution is 2.28. The zero-order valence-electron chi connectivity index (χ0n) is 15.1. The molecule has 0 radical (unpaired) electrons. The number of halogens is 1. The van der Waals surface area contributed by atoms with Crippen LogP contribution in [0.5, 0.6) is 0 Å². The summed E-state index contributed by atoms with van der Waals surface area (Å²) in [4.78, 5) is 0. The first-order valence-corrected chi connectivity index (χ1v) is 9.42. The number of nitrogens with one attached hydrogen (secondary N) is 2. The maximum Gasteiger partial charge on any atom is 0.0555 e. The Morgan fingerprint density at radius 2 is 1.69 bits per heavy atom. The standard InChI is InChI=1S/C21H26ClN3O/c1-16-19(14-24-11-10-23-12-13-26)18-7-3-5-9-21(18)25(16)15-17-6-2-4-8-20(17)22/h2-9,23-24,26H,10-15H2,1H3. The van der Waals surface area contributed by atoms with Crippen molar-refractivity contribution in [3.63, 3.8) is 0 Å². The fourth-order valence-corrected chi connectivity index (χ4v) is 3.52. The molecule has 3 aromatic rings. The number of fused-ring (bicyclic) bond motifs is 1. The van der Waals surface area contributed by atoms with Crippen molar-refractivity contribution in [3.8, 4) is 0 Å². The number of hydrogen-bond donors (Lipinski definition) is 3. The molecule has 0 aliphatic rings. The van der Waals surface area contributed by atoms with E-state index in [9.17, 15) is 0 Å². The summed E-state index contributed by atoms with van der Waals surface area (Å²) in [5, 5.41) is 17.6. The number of aromatic nitrogens is 1. The lowest BCUT2D eigenvalue weighted by molar-refractivity contribution is 0.292. The van der Waals surface area contributed by atoms with E-state index in [0.717, 1.165) is 36.8 Å². The molecule has 26 heavy (non-hydrogen) atoms. The summed E-state index contributed by atoms with van der Waals surface area (Å²) in [5.41, 5.74) is 4.96. The third-order valence-electron chi connectivity index (χ3n) is 4.72. The first-order valence-electron chi connectivity index (χ1n) is 9.04. The molecule has 5 heteroatoms. The van der Waals surface area contributed by atoms with Crippen molar-refractivity contribution in [2.24, 2.45) is 0 Å². The maximum absolute atomic E-state index is 8.80. The van der Waals surface area contributed by atoms with Crippen molar-refractivity contribution >= 4 is 22.5 Å². The normalized spacial score (nSPS) is 11.3. The van der Waals surface area contributed by atoms with Gasteiger partial charge < -0.3 is 20.3 Å². The van der Waals surface area contributed by atoms with Gasteiger partial charge in [-0.25, -0.2) is 0 Å². The van der Waals surface area contributed by atoms with Crippen molar-refractivity contribution in [2.45, 2.75) is 20.0 Å². The average molecular weight is 372 g/mol. The van der Waals surface area contributed by atoms with Crippen LogP contribution in [0.15, 0.2) is 48.5 Å². The molecule has 0 fully saturated rings. The number of aliphatic hydroxyl groups is 1. The Bertz CT molecular complexity index is 860. The van der Waals surface area contributed by atoms with Crippen LogP contribution < -0.4 is 10.6 Å². The molecule has 3 rings (SSSR count). The number of aliphatic hydroxyl groups excluding tert-OH is 1. The Labute approximate surface area is 159 Å². The molecule has 4 nitrogen and oxygen atoms in total. The molecule has 0 aliphatic carbocycles. The predicted molar refractivity (Wildman–Crippen MR) is 109 cm³/mol. The molecular weight excluding hydrogens is 346 g/mol. The average Bonchev–Trinajstić information content (AvgIpc) is 2.92. The monoisotopic (exact) mass is 371 g/mol. The largest absolute Gasteiger partial charge is 0.395 e. The molecule has 0 bridgehead atoms. The first-order chi connectivity index (χ1) is 12.7. The van der Waals surface area contributed by atoms with E-state index in [-0.39, 0.29) is 6.61 Å². The lowest BCUT2D eigenvalue weighted by Crippen LogP contribution is -2.28. The van der Waals surface area contributed by atoms with Gasteiger partial charge in [-0.15, -0.1) is 0 Å². The Morgan fingerprint density at radius 1 is 0.962 bits per heavy atom. The number of benzene rings is 2. The summed E-state index contributed by atoms with van der Waals surface area (Å²) in [6.07, 6.45) is 0. The number of para-hydroxylation sites is 1. The summed E-state index contributed by atoms with van der Waals surface area (Å²) >= 11 is 6.38. The van der Waals surface area contributed by atoms with Gasteiger partial charge in [0, 0.05) is 54.3 Å². The van der Waals surface area contributed by atoms with Crippen molar-refractivity contribution in [1.29, 1.82) is 0 Å². The number of nitrogens with zero attached hydrogens (tertiary/aromatic N) is 1. The number of hydrogen-bond acceptors (Lipinski definition) is 3. The van der Waals surface area contributed by atoms with Crippen molar-refractivity contribution in [2.75, 3.05) is 26.2 Å². The molecule has 0 saturated carbocycles. The van der Waals surface area contributed by atoms with Gasteiger partial charge in [-0.05, 0) is 30.2 Å². The zero-order valence-corrected chi connectivity index (χ0v) is 15.9. The molecule has 0 aliphatic heterocycles. The van der Waals surface area contributed by atoms with E-state index in [2.05, 4.69) is 52.5 Å². The van der Waals surface area contributed by atoms with Gasteiger partial charge in [0.15, 0.2) is 0 Å². The van der Waals surface area contributed by atoms with Gasteiger partial charge >= 0.3 is 0 Å². The Kier molecular flexibility index (Phi) is 6.69. The van der Waals surface area contributed by atoms with E-state index >= 15 is 0 Å². The fraction of sp³-hybridized carbons (Fsp3) is 0.333. The molecular formula is C21H26ClN3O. The first kappa shape index (κ1) is 18.9. The highest BCUT2D eigenvalue weighted by molar-refractivity contribution is 6.31. The summed E-state index contributed by atoms with van der Waals surface area (Å²) in [6, 6.07) is 16.6. The van der Waals surface area contributed by atoms with Gasteiger partial charge in [0.2, 0.25) is 0 Å². The minimum absolute atomic E-state index is 0.175. The minimum atomic E-state index is 0.175. The highest BCUT2D eigenvalue weighted by atomic mass is 35.5. The fourth-order valence-electron chi connectivity index (χ4n) is 3.32. The van der Waals surface area contributed by atoms with Crippen LogP contribution in [0.1, 0.15) is 16.8 Å². The summed E-state index contributed by atoms with van der Waals surface area (Å²) in [7, 11) is 0. The minimum Gasteiger partial charge on any atom is -0.395 e. The second kappa shape index (κ2) is 9.19. The Balaban J connectivity index is 1.81. The quantitative estimate of drug-likeness (QED) is 0.506. The van der Waals surface area contributed by atoms with Gasteiger partial charge in [0.1, 0.15) is 0 Å². The van der Waals surface area contributed by atoms with Crippen LogP contribution in [0.25, 0.3) is 10.9 Å². The predicted octanol–water partition coefficient (Wildman–Crippen LogP) is 3.32. The van der Waals surface area contributed by atoms with Gasteiger partial charge in [0.25, 0.3) is 0 Å². The summed E-state index contributed by atoms with van der Waals surface area (Å²) in [5.74, 6) is 0. The molecule has 1 aromatic heterocycles. The van der Waals surface area contributed by atoms with E-state index in [4.69, 9.17) is 16.7 Å². The third kappa shape index (κ3) is 4.27. The molecule has 0 saturated heterocycles. The molecule has 1 heterocycles. The Morgan fingerprint density at radius 3 is 2.50 bits per heavy atom. The van der Waals surface area contributed by atoms with Gasteiger partial charge in [-0.1, -0.05) is 48.0 Å². The van der Waals surface area contributed by atoms with Crippen LogP contribution in [-0.4, -0.2) is 35.9 Å². The summed E-state index contributed by atoms with van der Waals surface area (Å²) in [6.45, 7) is 6.29. The van der Waals surface area contributed by atoms with E-state index in [1.54, 1.807) is 0 Å². The second-order valence-corrected chi connectivity index (χ2v) is 6.82. The van der Waals surface area contributed by atoms with Gasteiger partial charge in [-0.2, -0.15) is 0 Å². The van der Waals surface area contributed by atoms with Crippen LogP contribution >= 0.6 is 11.6 Å². The third-order valence-corrected chi connectivity index (χ3v) is 5.09. The van der Waals surface area contributed by atoms with E-state index in [0.29, 0.717) is 6.54 Å². The molecule has 2 aromatic carbocycles. The smallest absolute Gasteiger partial charge is 0.0555 e. The molecule has 0 unspecified atom stereocenters. The topological polar surface area (TPSA) is 49.2 Å². The lowest BCUT2D eigenvalue weighted by Gasteiger charge is -2.11. The molecule has 0 amide bonds. The van der Waals surface area contributed by atoms with Crippen LogP contribution in [0, 0.1) is 6.92 Å². The SMILES string of the molecule is Cc1c(CNCCNCCO)c2ccccc2n1Cc1ccccc1Cl. The second-order valence-electron chi connectivity index (χ2n) is 6.41. The van der Waals surface area contributed by atoms with Gasteiger partial charge in [-0.3, -0.25) is 0 Å². The van der Waals surface area contributed by atoms with Crippen LogP contribution in [-0.2, 0) is 13.1 Å². The van der Waals surface area contributed by atoms with E-state index in [1.807, 2.05) is 18.2 Å². The van der Waals surface area contributed by atoms with Gasteiger partial charge in [0.05, 0.1) is 6.61 Å². The van der Waals surface area contributed by atoms with E-state index in [1.165, 1.54) is 22.2 Å². The molecule has 138 valence electrons. The molecule has 0 spiro atoms. The van der Waals surface area contributed by atoms with Crippen LogP contribution in [0.4, 0.5) is 0 Å². The van der Waals surface area contributed by atoms with Crippen LogP contribution in [0.3, 0.4) is 0 Å². The zero-order chi connectivity index (χ0) is 18.4. The molecule has 0 atom stereocenters. The van der Waals surface area contributed by atoms with E-state index < -0.39 is 0 Å².